The molecule has 0 saturated heterocycles. The first-order valence-electron chi connectivity index (χ1n) is 3.63. The van der Waals surface area contributed by atoms with Crippen molar-refractivity contribution in [2.24, 2.45) is 0 Å². The number of anilines is 2. The lowest BCUT2D eigenvalue weighted by atomic mass is 10.3. The summed E-state index contributed by atoms with van der Waals surface area (Å²) in [6, 6.07) is 3.47. The number of hydrogen-bond acceptors (Lipinski definition) is 5. The van der Waals surface area contributed by atoms with Crippen LogP contribution in [0.3, 0.4) is 0 Å². The van der Waals surface area contributed by atoms with E-state index >= 15 is 0 Å². The molecule has 0 unspecified atom stereocenters. The monoisotopic (exact) mass is 214 g/mol. The molecule has 0 spiro atoms. The van der Waals surface area contributed by atoms with Gasteiger partial charge in [-0.25, -0.2) is 8.78 Å². The van der Waals surface area contributed by atoms with Crippen LogP contribution in [0, 0.1) is 11.6 Å². The molecule has 14 heavy (non-hydrogen) atoms. The van der Waals surface area contributed by atoms with E-state index in [9.17, 15) is 8.78 Å². The van der Waals surface area contributed by atoms with Crippen LogP contribution in [-0.2, 0) is 0 Å². The molecular weight excluding hydrogens is 210 g/mol. The average molecular weight is 214 g/mol. The fraction of sp³-hybridized carbons (Fsp3) is 0. The van der Waals surface area contributed by atoms with Crippen molar-refractivity contribution in [3.63, 3.8) is 0 Å². The molecule has 4 nitrogen and oxygen atoms in total. The summed E-state index contributed by atoms with van der Waals surface area (Å²) in [4.78, 5) is 0. The Morgan fingerprint density at radius 3 is 2.71 bits per heavy atom. The number of nitrogens with zero attached hydrogens (tertiary/aromatic N) is 3. The third-order valence-electron chi connectivity index (χ3n) is 1.47. The highest BCUT2D eigenvalue weighted by Gasteiger charge is 2.03. The highest BCUT2D eigenvalue weighted by Crippen LogP contribution is 2.18. The van der Waals surface area contributed by atoms with E-state index in [4.69, 9.17) is 0 Å². The predicted octanol–water partition coefficient (Wildman–Crippen LogP) is 1.95. The summed E-state index contributed by atoms with van der Waals surface area (Å²) in [7, 11) is 0. The lowest BCUT2D eigenvalue weighted by Crippen LogP contribution is -1.92. The average Bonchev–Trinajstić information content (AvgIpc) is 2.64. The minimum atomic E-state index is -0.910. The molecule has 1 heterocycles. The summed E-state index contributed by atoms with van der Waals surface area (Å²) in [6.45, 7) is 0. The maximum absolute atomic E-state index is 12.7. The Labute approximate surface area is 81.7 Å². The molecule has 0 bridgehead atoms. The molecule has 0 atom stereocenters. The van der Waals surface area contributed by atoms with Gasteiger partial charge in [0, 0.05) is 23.3 Å². The van der Waals surface area contributed by atoms with Gasteiger partial charge in [-0.15, -0.1) is 0 Å². The van der Waals surface area contributed by atoms with Gasteiger partial charge in [-0.2, -0.15) is 0 Å². The van der Waals surface area contributed by atoms with Crippen LogP contribution in [0.2, 0.25) is 0 Å². The van der Waals surface area contributed by atoms with Crippen LogP contribution < -0.4 is 5.32 Å². The molecular formula is C7H4F2N4S. The SMILES string of the molecule is Fc1ccc(Nc2nnns2)cc1F. The molecule has 7 heteroatoms. The van der Waals surface area contributed by atoms with Crippen molar-refractivity contribution < 1.29 is 8.78 Å². The molecule has 0 saturated carbocycles. The molecule has 2 rings (SSSR count). The topological polar surface area (TPSA) is 50.7 Å². The van der Waals surface area contributed by atoms with Crippen LogP contribution in [0.5, 0.6) is 0 Å². The molecule has 0 amide bonds. The molecule has 1 aromatic carbocycles. The molecule has 0 aliphatic rings. The van der Waals surface area contributed by atoms with Crippen LogP contribution >= 0.6 is 11.5 Å². The van der Waals surface area contributed by atoms with Gasteiger partial charge in [-0.3, -0.25) is 0 Å². The van der Waals surface area contributed by atoms with Gasteiger partial charge < -0.3 is 5.32 Å². The summed E-state index contributed by atoms with van der Waals surface area (Å²) in [6.07, 6.45) is 0. The van der Waals surface area contributed by atoms with E-state index in [-0.39, 0.29) is 0 Å². The standard InChI is InChI=1S/C7H4F2N4S/c8-5-2-1-4(3-6(5)9)10-7-11-12-13-14-7/h1-3H,(H,10,11,13). The van der Waals surface area contributed by atoms with Gasteiger partial charge in [0.15, 0.2) is 11.6 Å². The van der Waals surface area contributed by atoms with Crippen LogP contribution in [0.25, 0.3) is 0 Å². The van der Waals surface area contributed by atoms with E-state index in [1.165, 1.54) is 6.07 Å². The van der Waals surface area contributed by atoms with Crippen LogP contribution in [0.4, 0.5) is 19.6 Å². The summed E-state index contributed by atoms with van der Waals surface area (Å²) in [5.74, 6) is -1.79. The van der Waals surface area contributed by atoms with Crippen molar-refractivity contribution in [1.29, 1.82) is 0 Å². The zero-order valence-corrected chi connectivity index (χ0v) is 7.55. The lowest BCUT2D eigenvalue weighted by molar-refractivity contribution is 0.509. The Hall–Kier alpha value is -1.63. The lowest BCUT2D eigenvalue weighted by Gasteiger charge is -2.00. The predicted molar refractivity (Wildman–Crippen MR) is 47.3 cm³/mol. The Bertz CT molecular complexity index is 431. The molecule has 1 aromatic heterocycles. The Balaban J connectivity index is 2.22. The Morgan fingerprint density at radius 1 is 1.21 bits per heavy atom. The van der Waals surface area contributed by atoms with Crippen LogP contribution in [0.15, 0.2) is 18.2 Å². The van der Waals surface area contributed by atoms with Gasteiger partial charge >= 0.3 is 0 Å². The van der Waals surface area contributed by atoms with Gasteiger partial charge in [-0.1, -0.05) is 9.59 Å². The van der Waals surface area contributed by atoms with Crippen molar-refractivity contribution in [3.05, 3.63) is 29.8 Å². The van der Waals surface area contributed by atoms with Crippen LogP contribution in [-0.4, -0.2) is 14.8 Å². The first-order valence-corrected chi connectivity index (χ1v) is 4.40. The van der Waals surface area contributed by atoms with E-state index in [0.29, 0.717) is 10.8 Å². The summed E-state index contributed by atoms with van der Waals surface area (Å²) in [5.41, 5.74) is 0.405. The minimum Gasteiger partial charge on any atom is -0.329 e. The van der Waals surface area contributed by atoms with Gasteiger partial charge in [0.05, 0.1) is 0 Å². The van der Waals surface area contributed by atoms with E-state index in [0.717, 1.165) is 23.7 Å². The third kappa shape index (κ3) is 1.82. The minimum absolute atomic E-state index is 0.405. The van der Waals surface area contributed by atoms with Crippen molar-refractivity contribution in [2.45, 2.75) is 0 Å². The highest BCUT2D eigenvalue weighted by atomic mass is 32.1. The number of rotatable bonds is 2. The Kier molecular flexibility index (Phi) is 2.32. The molecule has 72 valence electrons. The summed E-state index contributed by atoms with van der Waals surface area (Å²) in [5, 5.41) is 10.1. The second-order valence-corrected chi connectivity index (χ2v) is 3.15. The van der Waals surface area contributed by atoms with Crippen molar-refractivity contribution >= 4 is 22.4 Å². The van der Waals surface area contributed by atoms with Gasteiger partial charge in [0.2, 0.25) is 5.13 Å². The van der Waals surface area contributed by atoms with Crippen LogP contribution in [0.1, 0.15) is 0 Å². The number of halogens is 2. The number of hydrogen-bond donors (Lipinski definition) is 1. The zero-order chi connectivity index (χ0) is 9.97. The molecule has 2 aromatic rings. The summed E-state index contributed by atoms with van der Waals surface area (Å²) < 4.78 is 28.8. The van der Waals surface area contributed by atoms with Crippen molar-refractivity contribution in [3.8, 4) is 0 Å². The van der Waals surface area contributed by atoms with E-state index in [2.05, 4.69) is 20.1 Å². The smallest absolute Gasteiger partial charge is 0.229 e. The first kappa shape index (κ1) is 8.95. The molecule has 0 radical (unpaired) electrons. The fourth-order valence-corrected chi connectivity index (χ4v) is 1.27. The number of benzene rings is 1. The fourth-order valence-electron chi connectivity index (χ4n) is 0.879. The van der Waals surface area contributed by atoms with Gasteiger partial charge in [0.25, 0.3) is 0 Å². The molecule has 0 aliphatic heterocycles. The van der Waals surface area contributed by atoms with E-state index in [1.54, 1.807) is 0 Å². The third-order valence-corrected chi connectivity index (χ3v) is 1.98. The second kappa shape index (κ2) is 3.62. The summed E-state index contributed by atoms with van der Waals surface area (Å²) >= 11 is 1.03. The molecule has 1 N–H and O–H groups in total. The number of nitrogens with one attached hydrogen (secondary N) is 1. The molecule has 0 fully saturated rings. The maximum Gasteiger partial charge on any atom is 0.229 e. The highest BCUT2D eigenvalue weighted by molar-refractivity contribution is 7.09. The van der Waals surface area contributed by atoms with Crippen molar-refractivity contribution in [1.82, 2.24) is 14.8 Å². The maximum atomic E-state index is 12.7. The Morgan fingerprint density at radius 2 is 2.07 bits per heavy atom. The largest absolute Gasteiger partial charge is 0.329 e. The normalized spacial score (nSPS) is 10.1. The van der Waals surface area contributed by atoms with Gasteiger partial charge in [-0.05, 0) is 17.3 Å². The first-order chi connectivity index (χ1) is 6.75. The van der Waals surface area contributed by atoms with E-state index < -0.39 is 11.6 Å². The van der Waals surface area contributed by atoms with Gasteiger partial charge in [0.1, 0.15) is 0 Å². The number of aromatic nitrogens is 3. The van der Waals surface area contributed by atoms with E-state index in [1.807, 2.05) is 0 Å². The quantitative estimate of drug-likeness (QED) is 0.830. The second-order valence-electron chi connectivity index (χ2n) is 2.42. The zero-order valence-electron chi connectivity index (χ0n) is 6.74. The van der Waals surface area contributed by atoms with Crippen molar-refractivity contribution in [2.75, 3.05) is 5.32 Å². The molecule has 0 aliphatic carbocycles.